The number of hydrogen-bond donors (Lipinski definition) is 2. The first-order valence-corrected chi connectivity index (χ1v) is 17.7. The summed E-state index contributed by atoms with van der Waals surface area (Å²) in [7, 11) is -1.90. The Morgan fingerprint density at radius 1 is 1.08 bits per heavy atom. The number of unbranched alkanes of at least 4 members (excludes halogenated alkanes) is 6. The monoisotopic (exact) mass is 548 g/mol. The summed E-state index contributed by atoms with van der Waals surface area (Å²) < 4.78 is 8.96. The fraction of sp³-hybridized carbons (Fsp3) is 0.742. The molecule has 2 N–H and O–H groups in total. The van der Waals surface area contributed by atoms with E-state index in [9.17, 15) is 4.79 Å². The maximum atomic E-state index is 10.8. The van der Waals surface area contributed by atoms with Gasteiger partial charge in [0.2, 0.25) is 0 Å². The third-order valence-electron chi connectivity index (χ3n) is 7.70. The highest BCUT2D eigenvalue weighted by molar-refractivity contribution is 6.74. The van der Waals surface area contributed by atoms with Crippen LogP contribution in [0, 0.1) is 6.92 Å². The Morgan fingerprint density at radius 2 is 1.79 bits per heavy atom. The highest BCUT2D eigenvalue weighted by Gasteiger charge is 2.38. The molecule has 0 spiro atoms. The molecule has 1 aromatic heterocycles. The highest BCUT2D eigenvalue weighted by Crippen LogP contribution is 2.38. The molecule has 0 aliphatic carbocycles. The number of aromatic nitrogens is 2. The normalized spacial score (nSPS) is 13.7. The van der Waals surface area contributed by atoms with Crippen molar-refractivity contribution < 1.29 is 19.4 Å². The van der Waals surface area contributed by atoms with Crippen LogP contribution in [-0.4, -0.2) is 47.0 Å². The molecule has 0 radical (unpaired) electrons. The number of hydrogen-bond acceptors (Lipinski definition) is 4. The van der Waals surface area contributed by atoms with Gasteiger partial charge in [-0.2, -0.15) is 5.10 Å². The van der Waals surface area contributed by atoms with Crippen LogP contribution in [0.2, 0.25) is 18.1 Å². The van der Waals surface area contributed by atoms with Crippen molar-refractivity contribution >= 4 is 20.4 Å². The van der Waals surface area contributed by atoms with E-state index in [0.29, 0.717) is 6.42 Å². The van der Waals surface area contributed by atoms with Crippen LogP contribution in [0.5, 0.6) is 0 Å². The third kappa shape index (κ3) is 12.9. The highest BCUT2D eigenvalue weighted by atomic mass is 28.4. The van der Waals surface area contributed by atoms with Gasteiger partial charge >= 0.3 is 5.97 Å². The predicted molar refractivity (Wildman–Crippen MR) is 162 cm³/mol. The maximum Gasteiger partial charge on any atom is 0.303 e. The summed E-state index contributed by atoms with van der Waals surface area (Å²) in [4.78, 5) is 10.8. The zero-order valence-electron chi connectivity index (χ0n) is 25.4. The van der Waals surface area contributed by atoms with Gasteiger partial charge in [-0.3, -0.25) is 9.48 Å². The Balaban J connectivity index is 3.12. The Kier molecular flexibility index (Phi) is 16.1. The molecule has 0 saturated heterocycles. The minimum atomic E-state index is -1.90. The summed E-state index contributed by atoms with van der Waals surface area (Å²) >= 11 is 0. The summed E-state index contributed by atoms with van der Waals surface area (Å²) in [5, 5.41) is 23.1. The van der Waals surface area contributed by atoms with E-state index >= 15 is 0 Å². The van der Waals surface area contributed by atoms with E-state index in [-0.39, 0.29) is 24.2 Å². The summed E-state index contributed by atoms with van der Waals surface area (Å²) in [5.74, 6) is -0.740. The summed E-state index contributed by atoms with van der Waals surface area (Å²) in [6.45, 7) is 17.0. The Morgan fingerprint density at radius 3 is 2.42 bits per heavy atom. The molecule has 0 fully saturated rings. The molecular weight excluding hydrogens is 492 g/mol. The predicted octanol–water partition coefficient (Wildman–Crippen LogP) is 8.08. The van der Waals surface area contributed by atoms with Gasteiger partial charge in [0.15, 0.2) is 8.32 Å². The summed E-state index contributed by atoms with van der Waals surface area (Å²) in [6.07, 6.45) is 19.8. The second kappa shape index (κ2) is 17.8. The second-order valence-corrected chi connectivity index (χ2v) is 16.8. The zero-order valence-corrected chi connectivity index (χ0v) is 26.4. The van der Waals surface area contributed by atoms with E-state index in [1.807, 2.05) is 0 Å². The molecule has 0 bridgehead atoms. The van der Waals surface area contributed by atoms with Crippen LogP contribution < -0.4 is 0 Å². The Hall–Kier alpha value is -1.70. The van der Waals surface area contributed by atoms with Gasteiger partial charge < -0.3 is 14.6 Å². The quantitative estimate of drug-likeness (QED) is 0.0977. The number of carboxylic acid groups (broad SMARTS) is 1. The van der Waals surface area contributed by atoms with Crippen LogP contribution in [0.1, 0.15) is 115 Å². The second-order valence-electron chi connectivity index (χ2n) is 12.0. The lowest BCUT2D eigenvalue weighted by Gasteiger charge is -2.38. The Bertz CT molecular complexity index is 868. The molecule has 0 aliphatic heterocycles. The topological polar surface area (TPSA) is 84.6 Å². The third-order valence-corrected chi connectivity index (χ3v) is 12.2. The van der Waals surface area contributed by atoms with Gasteiger partial charge in [-0.15, -0.1) is 0 Å². The molecule has 38 heavy (non-hydrogen) atoms. The van der Waals surface area contributed by atoms with Gasteiger partial charge in [0.05, 0.1) is 11.8 Å². The first kappa shape index (κ1) is 34.3. The van der Waals surface area contributed by atoms with Crippen LogP contribution in [-0.2, 0) is 22.2 Å². The fourth-order valence-corrected chi connectivity index (χ4v) is 5.48. The van der Waals surface area contributed by atoms with Gasteiger partial charge in [-0.05, 0) is 69.7 Å². The summed E-state index contributed by atoms with van der Waals surface area (Å²) in [6, 6.07) is 0. The van der Waals surface area contributed by atoms with E-state index in [4.69, 9.17) is 19.7 Å². The van der Waals surface area contributed by atoms with Gasteiger partial charge in [0.25, 0.3) is 0 Å². The van der Waals surface area contributed by atoms with Crippen molar-refractivity contribution in [2.75, 3.05) is 6.61 Å². The molecule has 1 unspecified atom stereocenters. The van der Waals surface area contributed by atoms with Gasteiger partial charge in [0, 0.05) is 30.8 Å². The molecule has 0 aromatic carbocycles. The molecule has 0 aliphatic rings. The van der Waals surface area contributed by atoms with Gasteiger partial charge in [-0.25, -0.2) is 0 Å². The number of aryl methyl sites for hydroxylation is 1. The smallest absolute Gasteiger partial charge is 0.303 e. The van der Waals surface area contributed by atoms with Crippen molar-refractivity contribution in [1.29, 1.82) is 0 Å². The number of nitrogens with zero attached hydrogens (tertiary/aromatic N) is 2. The van der Waals surface area contributed by atoms with E-state index < -0.39 is 14.3 Å². The van der Waals surface area contributed by atoms with Crippen LogP contribution in [0.25, 0.3) is 6.08 Å². The average molecular weight is 549 g/mol. The molecule has 1 aromatic rings. The molecule has 6 nitrogen and oxygen atoms in total. The fourth-order valence-electron chi connectivity index (χ4n) is 4.17. The number of aliphatic hydroxyl groups is 1. The number of carboxylic acids is 1. The molecule has 0 saturated carbocycles. The van der Waals surface area contributed by atoms with Crippen molar-refractivity contribution in [3.63, 3.8) is 0 Å². The molecule has 218 valence electrons. The van der Waals surface area contributed by atoms with E-state index in [0.717, 1.165) is 63.6 Å². The first-order chi connectivity index (χ1) is 17.9. The van der Waals surface area contributed by atoms with Crippen molar-refractivity contribution in [1.82, 2.24) is 9.78 Å². The van der Waals surface area contributed by atoms with Crippen molar-refractivity contribution in [2.45, 2.75) is 142 Å². The molecule has 1 heterocycles. The number of rotatable bonds is 20. The molecular formula is C31H56N2O4Si. The van der Waals surface area contributed by atoms with Crippen molar-refractivity contribution in [3.05, 3.63) is 35.2 Å². The van der Waals surface area contributed by atoms with Gasteiger partial charge in [-0.1, -0.05) is 78.0 Å². The minimum Gasteiger partial charge on any atom is -0.481 e. The van der Waals surface area contributed by atoms with Crippen LogP contribution >= 0.6 is 0 Å². The van der Waals surface area contributed by atoms with E-state index in [1.54, 1.807) is 0 Å². The zero-order chi connectivity index (χ0) is 28.6. The van der Waals surface area contributed by atoms with Crippen LogP contribution in [0.15, 0.2) is 18.2 Å². The van der Waals surface area contributed by atoms with Crippen molar-refractivity contribution in [2.24, 2.45) is 0 Å². The summed E-state index contributed by atoms with van der Waals surface area (Å²) in [5.41, 5.74) is 3.42. The number of allylic oxidation sites excluding steroid dienone is 2. The van der Waals surface area contributed by atoms with Gasteiger partial charge in [0.1, 0.15) is 0 Å². The first-order valence-electron chi connectivity index (χ1n) is 14.8. The van der Waals surface area contributed by atoms with Crippen LogP contribution in [0.4, 0.5) is 0 Å². The number of aliphatic carboxylic acids is 1. The maximum absolute atomic E-state index is 10.8. The van der Waals surface area contributed by atoms with E-state index in [2.05, 4.69) is 76.7 Å². The lowest BCUT2D eigenvalue weighted by Crippen LogP contribution is -2.43. The molecule has 1 atom stereocenters. The lowest BCUT2D eigenvalue weighted by molar-refractivity contribution is -0.137. The Labute approximate surface area is 233 Å². The molecule has 1 rings (SSSR count). The SMILES string of the molecule is CCCCCC(C=Cc1nn(CCCCCCO)c(C)c1CC=CCCCC(=O)O)O[Si](C)(C)C(C)(C)C. The molecule has 0 amide bonds. The minimum absolute atomic E-state index is 0.0887. The average Bonchev–Trinajstić information content (AvgIpc) is 3.12. The standard InChI is InChI=1S/C31H56N2O4Si/c1-8-9-14-19-27(37-38(6,7)31(3,4)5)22-23-29-28(20-15-10-11-16-21-30(35)36)26(2)33(32-29)24-17-12-13-18-25-34/h10,15,22-23,27,34H,8-9,11-14,16-21,24-25H2,1-7H3,(H,35,36). The molecule has 7 heteroatoms. The lowest BCUT2D eigenvalue weighted by atomic mass is 10.1. The largest absolute Gasteiger partial charge is 0.481 e. The van der Waals surface area contributed by atoms with Crippen LogP contribution in [0.3, 0.4) is 0 Å². The van der Waals surface area contributed by atoms with Crippen molar-refractivity contribution in [3.8, 4) is 0 Å². The number of carbonyl (C=O) groups is 1. The number of aliphatic hydroxyl groups excluding tert-OH is 1. The van der Waals surface area contributed by atoms with E-state index in [1.165, 1.54) is 24.1 Å².